The fourth-order valence-electron chi connectivity index (χ4n) is 2.23. The number of carbonyl (C=O) groups excluding carboxylic acids is 1. The van der Waals surface area contributed by atoms with Crippen molar-refractivity contribution in [1.29, 1.82) is 0 Å². The zero-order valence-corrected chi connectivity index (χ0v) is 13.8. The predicted octanol–water partition coefficient (Wildman–Crippen LogP) is 2.27. The van der Waals surface area contributed by atoms with E-state index in [1.807, 2.05) is 55.1 Å². The lowest BCUT2D eigenvalue weighted by atomic mass is 10.1. The molecule has 1 amide bonds. The van der Waals surface area contributed by atoms with Crippen molar-refractivity contribution in [3.63, 3.8) is 0 Å². The normalized spacial score (nSPS) is 12.2. The molecule has 0 bridgehead atoms. The fraction of sp³-hybridized carbons (Fsp3) is 0.333. The van der Waals surface area contributed by atoms with Crippen LogP contribution in [0.15, 0.2) is 48.8 Å². The van der Waals surface area contributed by atoms with Crippen LogP contribution in [-0.2, 0) is 17.9 Å². The number of pyridine rings is 1. The number of benzene rings is 1. The highest BCUT2D eigenvalue weighted by molar-refractivity contribution is 5.81. The van der Waals surface area contributed by atoms with Gasteiger partial charge in [-0.15, -0.1) is 0 Å². The van der Waals surface area contributed by atoms with E-state index in [9.17, 15) is 9.90 Å². The molecule has 2 rings (SSSR count). The number of nitrogens with zero attached hydrogens (tertiary/aromatic N) is 3. The maximum Gasteiger partial charge on any atom is 0.240 e. The summed E-state index contributed by atoms with van der Waals surface area (Å²) in [6, 6.07) is 10.6. The van der Waals surface area contributed by atoms with Gasteiger partial charge in [0.1, 0.15) is 5.75 Å². The molecule has 0 radical (unpaired) electrons. The Hall–Kier alpha value is -2.40. The first-order chi connectivity index (χ1) is 11.0. The van der Waals surface area contributed by atoms with Gasteiger partial charge in [0, 0.05) is 25.5 Å². The van der Waals surface area contributed by atoms with Gasteiger partial charge in [-0.1, -0.05) is 12.1 Å². The molecule has 0 aliphatic heterocycles. The van der Waals surface area contributed by atoms with Crippen molar-refractivity contribution in [1.82, 2.24) is 14.8 Å². The molecule has 5 heteroatoms. The molecular weight excluding hydrogens is 290 g/mol. The minimum Gasteiger partial charge on any atom is -0.508 e. The van der Waals surface area contributed by atoms with Crippen LogP contribution in [0.1, 0.15) is 18.1 Å². The second-order valence-electron chi connectivity index (χ2n) is 5.86. The van der Waals surface area contributed by atoms with Gasteiger partial charge >= 0.3 is 0 Å². The average molecular weight is 313 g/mol. The van der Waals surface area contributed by atoms with Crippen molar-refractivity contribution in [2.24, 2.45) is 0 Å². The molecule has 0 spiro atoms. The predicted molar refractivity (Wildman–Crippen MR) is 89.7 cm³/mol. The van der Waals surface area contributed by atoms with E-state index in [0.29, 0.717) is 13.1 Å². The number of phenols is 1. The number of carbonyl (C=O) groups is 1. The number of likely N-dealkylation sites (N-methyl/N-ethyl adjacent to an activating group) is 1. The number of rotatable bonds is 6. The highest BCUT2D eigenvalue weighted by atomic mass is 16.3. The van der Waals surface area contributed by atoms with E-state index in [1.165, 1.54) is 0 Å². The third kappa shape index (κ3) is 4.79. The Morgan fingerprint density at radius 3 is 2.09 bits per heavy atom. The summed E-state index contributed by atoms with van der Waals surface area (Å²) < 4.78 is 0. The monoisotopic (exact) mass is 313 g/mol. The van der Waals surface area contributed by atoms with E-state index < -0.39 is 0 Å². The Morgan fingerprint density at radius 1 is 1.04 bits per heavy atom. The van der Waals surface area contributed by atoms with Crippen molar-refractivity contribution in [3.05, 3.63) is 59.9 Å². The van der Waals surface area contributed by atoms with Crippen molar-refractivity contribution < 1.29 is 9.90 Å². The quantitative estimate of drug-likeness (QED) is 0.889. The third-order valence-corrected chi connectivity index (χ3v) is 3.88. The maximum atomic E-state index is 12.8. The van der Waals surface area contributed by atoms with Crippen molar-refractivity contribution in [2.75, 3.05) is 14.1 Å². The summed E-state index contributed by atoms with van der Waals surface area (Å²) in [6.07, 6.45) is 3.46. The zero-order chi connectivity index (χ0) is 16.8. The van der Waals surface area contributed by atoms with Crippen LogP contribution >= 0.6 is 0 Å². The number of aromatic nitrogens is 1. The molecule has 5 nitrogen and oxygen atoms in total. The molecule has 0 saturated carbocycles. The van der Waals surface area contributed by atoms with Crippen molar-refractivity contribution in [2.45, 2.75) is 26.1 Å². The zero-order valence-electron chi connectivity index (χ0n) is 13.8. The van der Waals surface area contributed by atoms with Crippen LogP contribution in [0.2, 0.25) is 0 Å². The van der Waals surface area contributed by atoms with Gasteiger partial charge in [0.25, 0.3) is 0 Å². The van der Waals surface area contributed by atoms with Gasteiger partial charge in [-0.05, 0) is 56.4 Å². The fourth-order valence-corrected chi connectivity index (χ4v) is 2.23. The molecular formula is C18H23N3O2. The molecule has 1 atom stereocenters. The van der Waals surface area contributed by atoms with E-state index in [0.717, 1.165) is 11.1 Å². The Balaban J connectivity index is 2.19. The lowest BCUT2D eigenvalue weighted by Gasteiger charge is -2.29. The number of amides is 1. The molecule has 23 heavy (non-hydrogen) atoms. The van der Waals surface area contributed by atoms with Crippen LogP contribution < -0.4 is 0 Å². The van der Waals surface area contributed by atoms with E-state index in [1.54, 1.807) is 24.5 Å². The van der Waals surface area contributed by atoms with Crippen LogP contribution in [0.25, 0.3) is 0 Å². The molecule has 0 saturated heterocycles. The van der Waals surface area contributed by atoms with Gasteiger partial charge in [0.15, 0.2) is 0 Å². The molecule has 1 heterocycles. The van der Waals surface area contributed by atoms with Crippen LogP contribution in [0.5, 0.6) is 5.75 Å². The van der Waals surface area contributed by atoms with E-state index in [2.05, 4.69) is 4.98 Å². The number of hydrogen-bond acceptors (Lipinski definition) is 4. The largest absolute Gasteiger partial charge is 0.508 e. The summed E-state index contributed by atoms with van der Waals surface area (Å²) in [5, 5.41) is 9.40. The molecule has 1 aromatic carbocycles. The molecule has 0 unspecified atom stereocenters. The standard InChI is InChI=1S/C18H23N3O2/c1-14(20(2)3)18(23)21(13-16-8-10-19-11-9-16)12-15-4-6-17(22)7-5-15/h4-11,14,22H,12-13H2,1-3H3/t14-/m1/s1. The Bertz CT molecular complexity index is 626. The van der Waals surface area contributed by atoms with Crippen molar-refractivity contribution in [3.8, 4) is 5.75 Å². The molecule has 1 N–H and O–H groups in total. The minimum absolute atomic E-state index is 0.0693. The SMILES string of the molecule is C[C@H](C(=O)N(Cc1ccncc1)Cc1ccc(O)cc1)N(C)C. The van der Waals surface area contributed by atoms with Crippen molar-refractivity contribution >= 4 is 5.91 Å². The Morgan fingerprint density at radius 2 is 1.57 bits per heavy atom. The summed E-state index contributed by atoms with van der Waals surface area (Å²) in [5.41, 5.74) is 2.02. The second kappa shape index (κ2) is 7.74. The number of phenolic OH excluding ortho intramolecular Hbond substituents is 1. The molecule has 0 aliphatic rings. The summed E-state index contributed by atoms with van der Waals surface area (Å²) >= 11 is 0. The highest BCUT2D eigenvalue weighted by Crippen LogP contribution is 2.15. The summed E-state index contributed by atoms with van der Waals surface area (Å²) in [6.45, 7) is 2.93. The Kier molecular flexibility index (Phi) is 5.71. The average Bonchev–Trinajstić information content (AvgIpc) is 2.55. The van der Waals surface area contributed by atoms with Gasteiger partial charge in [-0.2, -0.15) is 0 Å². The molecule has 0 aliphatic carbocycles. The number of aromatic hydroxyl groups is 1. The highest BCUT2D eigenvalue weighted by Gasteiger charge is 2.22. The summed E-state index contributed by atoms with van der Waals surface area (Å²) in [7, 11) is 3.79. The van der Waals surface area contributed by atoms with Crippen LogP contribution in [0.3, 0.4) is 0 Å². The molecule has 122 valence electrons. The topological polar surface area (TPSA) is 56.7 Å². The van der Waals surface area contributed by atoms with E-state index in [4.69, 9.17) is 0 Å². The van der Waals surface area contributed by atoms with E-state index in [-0.39, 0.29) is 17.7 Å². The molecule has 2 aromatic rings. The first-order valence-corrected chi connectivity index (χ1v) is 7.59. The van der Waals surface area contributed by atoms with E-state index >= 15 is 0 Å². The Labute approximate surface area is 137 Å². The molecule has 0 fully saturated rings. The molecule has 1 aromatic heterocycles. The lowest BCUT2D eigenvalue weighted by Crippen LogP contribution is -2.43. The first-order valence-electron chi connectivity index (χ1n) is 7.59. The first kappa shape index (κ1) is 17.0. The van der Waals surface area contributed by atoms with Gasteiger partial charge in [0.05, 0.1) is 6.04 Å². The number of hydrogen-bond donors (Lipinski definition) is 1. The minimum atomic E-state index is -0.200. The smallest absolute Gasteiger partial charge is 0.240 e. The maximum absolute atomic E-state index is 12.8. The summed E-state index contributed by atoms with van der Waals surface area (Å²) in [4.78, 5) is 20.5. The summed E-state index contributed by atoms with van der Waals surface area (Å²) in [5.74, 6) is 0.294. The lowest BCUT2D eigenvalue weighted by molar-refractivity contribution is -0.136. The van der Waals surface area contributed by atoms with Crippen LogP contribution in [0, 0.1) is 0 Å². The van der Waals surface area contributed by atoms with Gasteiger partial charge in [-0.25, -0.2) is 0 Å². The third-order valence-electron chi connectivity index (χ3n) is 3.88. The van der Waals surface area contributed by atoms with Crippen LogP contribution in [-0.4, -0.2) is 45.9 Å². The van der Waals surface area contributed by atoms with Gasteiger partial charge < -0.3 is 10.0 Å². The van der Waals surface area contributed by atoms with Gasteiger partial charge in [-0.3, -0.25) is 14.7 Å². The van der Waals surface area contributed by atoms with Gasteiger partial charge in [0.2, 0.25) is 5.91 Å². The second-order valence-corrected chi connectivity index (χ2v) is 5.86. The van der Waals surface area contributed by atoms with Crippen LogP contribution in [0.4, 0.5) is 0 Å².